The van der Waals surface area contributed by atoms with Crippen LogP contribution in [0.5, 0.6) is 0 Å². The zero-order chi connectivity index (χ0) is 18.7. The molecule has 4 nitrogen and oxygen atoms in total. The second kappa shape index (κ2) is 7.80. The van der Waals surface area contributed by atoms with Crippen LogP contribution in [0.2, 0.25) is 0 Å². The number of aliphatic carboxylic acids is 1. The Labute approximate surface area is 159 Å². The van der Waals surface area contributed by atoms with E-state index in [-0.39, 0.29) is 16.6 Å². The first-order chi connectivity index (χ1) is 12.5. The first kappa shape index (κ1) is 18.3. The second-order valence-electron chi connectivity index (χ2n) is 5.65. The van der Waals surface area contributed by atoms with Gasteiger partial charge in [0.15, 0.2) is 0 Å². The van der Waals surface area contributed by atoms with Crippen molar-refractivity contribution < 1.29 is 19.1 Å². The molecular weight excluding hydrogens is 373 g/mol. The summed E-state index contributed by atoms with van der Waals surface area (Å²) in [5, 5.41) is 9.61. The summed E-state index contributed by atoms with van der Waals surface area (Å²) in [7, 11) is 0. The van der Waals surface area contributed by atoms with Crippen LogP contribution in [0.3, 0.4) is 0 Å². The highest BCUT2D eigenvalue weighted by Gasteiger charge is 2.40. The molecule has 0 bridgehead atoms. The van der Waals surface area contributed by atoms with Gasteiger partial charge >= 0.3 is 5.97 Å². The number of amides is 1. The molecule has 2 aromatic rings. The Hall–Kier alpha value is -2.51. The summed E-state index contributed by atoms with van der Waals surface area (Å²) in [5.74, 6) is -1.94. The minimum absolute atomic E-state index is 0.159. The van der Waals surface area contributed by atoms with Crippen molar-refractivity contribution in [1.82, 2.24) is 4.90 Å². The summed E-state index contributed by atoms with van der Waals surface area (Å²) < 4.78 is 13.2. The third-order valence-corrected chi connectivity index (χ3v) is 5.19. The molecule has 1 aliphatic rings. The average Bonchev–Trinajstić information content (AvgIpc) is 2.89. The van der Waals surface area contributed by atoms with E-state index in [1.54, 1.807) is 18.2 Å². The zero-order valence-electron chi connectivity index (χ0n) is 13.5. The predicted octanol–water partition coefficient (Wildman–Crippen LogP) is 3.72. The molecule has 0 saturated carbocycles. The van der Waals surface area contributed by atoms with Gasteiger partial charge < -0.3 is 5.11 Å². The van der Waals surface area contributed by atoms with Crippen LogP contribution in [-0.4, -0.2) is 32.2 Å². The monoisotopic (exact) mass is 387 g/mol. The van der Waals surface area contributed by atoms with E-state index in [4.69, 9.17) is 12.2 Å². The Morgan fingerprint density at radius 3 is 2.46 bits per heavy atom. The highest BCUT2D eigenvalue weighted by Crippen LogP contribution is 2.34. The van der Waals surface area contributed by atoms with Crippen LogP contribution in [0.15, 0.2) is 59.5 Å². The fourth-order valence-electron chi connectivity index (χ4n) is 2.59. The van der Waals surface area contributed by atoms with Gasteiger partial charge in [0.25, 0.3) is 5.91 Å². The van der Waals surface area contributed by atoms with E-state index in [2.05, 4.69) is 0 Å². The van der Waals surface area contributed by atoms with Crippen LogP contribution in [0.4, 0.5) is 4.39 Å². The summed E-state index contributed by atoms with van der Waals surface area (Å²) in [4.78, 5) is 26.0. The van der Waals surface area contributed by atoms with Gasteiger partial charge in [0.05, 0.1) is 4.91 Å². The van der Waals surface area contributed by atoms with Crippen molar-refractivity contribution >= 4 is 46.3 Å². The number of carbonyl (C=O) groups is 2. The molecule has 132 valence electrons. The number of hydrogen-bond acceptors (Lipinski definition) is 4. The van der Waals surface area contributed by atoms with Gasteiger partial charge in [0.2, 0.25) is 0 Å². The number of rotatable bonds is 5. The van der Waals surface area contributed by atoms with Gasteiger partial charge in [0, 0.05) is 6.42 Å². The lowest BCUT2D eigenvalue weighted by molar-refractivity contribution is -0.145. The summed E-state index contributed by atoms with van der Waals surface area (Å²) in [6.07, 6.45) is 1.74. The van der Waals surface area contributed by atoms with Crippen LogP contribution in [0.25, 0.3) is 6.08 Å². The lowest BCUT2D eigenvalue weighted by atomic mass is 10.0. The molecule has 3 rings (SSSR count). The quantitative estimate of drug-likeness (QED) is 0.626. The number of thiocarbonyl (C=S) groups is 1. The summed E-state index contributed by atoms with van der Waals surface area (Å²) >= 11 is 6.30. The normalized spacial score (nSPS) is 17.0. The summed E-state index contributed by atoms with van der Waals surface area (Å²) in [6.45, 7) is 0. The summed E-state index contributed by atoms with van der Waals surface area (Å²) in [6, 6.07) is 13.7. The standard InChI is InChI=1S/C19H14FNO3S2/c20-14-8-6-13(7-9-14)11-16-17(22)21(19(25)26-16)15(18(23)24)10-12-4-2-1-3-5-12/h1-9,11,15H,10H2,(H,23,24)/b16-11+. The molecule has 1 aliphatic heterocycles. The fourth-order valence-corrected chi connectivity index (χ4v) is 3.94. The van der Waals surface area contributed by atoms with E-state index in [1.807, 2.05) is 30.3 Å². The first-order valence-corrected chi connectivity index (χ1v) is 8.97. The van der Waals surface area contributed by atoms with Crippen molar-refractivity contribution in [3.05, 3.63) is 76.4 Å². The van der Waals surface area contributed by atoms with E-state index >= 15 is 0 Å². The van der Waals surface area contributed by atoms with E-state index in [9.17, 15) is 19.1 Å². The van der Waals surface area contributed by atoms with Gasteiger partial charge in [-0.2, -0.15) is 0 Å². The largest absolute Gasteiger partial charge is 0.480 e. The number of benzene rings is 2. The molecule has 0 aliphatic carbocycles. The third kappa shape index (κ3) is 4.00. The summed E-state index contributed by atoms with van der Waals surface area (Å²) in [5.41, 5.74) is 1.44. The highest BCUT2D eigenvalue weighted by molar-refractivity contribution is 8.26. The molecule has 1 N–H and O–H groups in total. The molecule has 1 amide bonds. The van der Waals surface area contributed by atoms with E-state index in [0.29, 0.717) is 10.5 Å². The number of hydrogen-bond donors (Lipinski definition) is 1. The Kier molecular flexibility index (Phi) is 5.49. The number of halogens is 1. The molecule has 0 radical (unpaired) electrons. The maximum atomic E-state index is 13.0. The molecule has 1 unspecified atom stereocenters. The van der Waals surface area contributed by atoms with Gasteiger partial charge in [-0.1, -0.05) is 66.4 Å². The molecule has 2 aromatic carbocycles. The Morgan fingerprint density at radius 1 is 1.19 bits per heavy atom. The van der Waals surface area contributed by atoms with Crippen molar-refractivity contribution in [1.29, 1.82) is 0 Å². The number of carboxylic acid groups (broad SMARTS) is 1. The van der Waals surface area contributed by atoms with Crippen LogP contribution < -0.4 is 0 Å². The first-order valence-electron chi connectivity index (χ1n) is 7.75. The van der Waals surface area contributed by atoms with Crippen LogP contribution in [0, 0.1) is 5.82 Å². The van der Waals surface area contributed by atoms with Crippen LogP contribution in [0.1, 0.15) is 11.1 Å². The van der Waals surface area contributed by atoms with Crippen LogP contribution >= 0.6 is 24.0 Å². The Morgan fingerprint density at radius 2 is 1.85 bits per heavy atom. The molecule has 0 spiro atoms. The zero-order valence-corrected chi connectivity index (χ0v) is 15.1. The minimum atomic E-state index is -1.12. The molecule has 1 heterocycles. The Bertz CT molecular complexity index is 881. The van der Waals surface area contributed by atoms with Crippen LogP contribution in [-0.2, 0) is 16.0 Å². The number of carboxylic acids is 1. The van der Waals surface area contributed by atoms with Gasteiger partial charge in [-0.3, -0.25) is 9.69 Å². The molecule has 1 saturated heterocycles. The molecule has 1 atom stereocenters. The molecule has 1 fully saturated rings. The number of nitrogens with zero attached hydrogens (tertiary/aromatic N) is 1. The maximum Gasteiger partial charge on any atom is 0.327 e. The number of thioether (sulfide) groups is 1. The fraction of sp³-hybridized carbons (Fsp3) is 0.105. The molecular formula is C19H14FNO3S2. The van der Waals surface area contributed by atoms with Crippen molar-refractivity contribution in [2.45, 2.75) is 12.5 Å². The van der Waals surface area contributed by atoms with Crippen molar-refractivity contribution in [3.8, 4) is 0 Å². The smallest absolute Gasteiger partial charge is 0.327 e. The lowest BCUT2D eigenvalue weighted by Crippen LogP contribution is -2.45. The van der Waals surface area contributed by atoms with Gasteiger partial charge in [0.1, 0.15) is 16.2 Å². The molecule has 0 aromatic heterocycles. The topological polar surface area (TPSA) is 57.6 Å². The Balaban J connectivity index is 1.86. The van der Waals surface area contributed by atoms with Crippen molar-refractivity contribution in [3.63, 3.8) is 0 Å². The molecule has 7 heteroatoms. The van der Waals surface area contributed by atoms with E-state index in [1.165, 1.54) is 12.1 Å². The maximum absolute atomic E-state index is 13.0. The average molecular weight is 387 g/mol. The third-order valence-electron chi connectivity index (χ3n) is 3.86. The minimum Gasteiger partial charge on any atom is -0.480 e. The number of carbonyl (C=O) groups excluding carboxylic acids is 1. The van der Waals surface area contributed by atoms with E-state index in [0.717, 1.165) is 22.2 Å². The predicted molar refractivity (Wildman–Crippen MR) is 103 cm³/mol. The van der Waals surface area contributed by atoms with Gasteiger partial charge in [-0.25, -0.2) is 9.18 Å². The SMILES string of the molecule is O=C(O)C(Cc1ccccc1)N1C(=O)/C(=C\c2ccc(F)cc2)SC1=S. The second-order valence-corrected chi connectivity index (χ2v) is 7.32. The van der Waals surface area contributed by atoms with Gasteiger partial charge in [-0.05, 0) is 29.3 Å². The highest BCUT2D eigenvalue weighted by atomic mass is 32.2. The van der Waals surface area contributed by atoms with Gasteiger partial charge in [-0.15, -0.1) is 0 Å². The lowest BCUT2D eigenvalue weighted by Gasteiger charge is -2.23. The molecule has 26 heavy (non-hydrogen) atoms. The van der Waals surface area contributed by atoms with Crippen molar-refractivity contribution in [2.75, 3.05) is 0 Å². The van der Waals surface area contributed by atoms with E-state index < -0.39 is 17.9 Å². The van der Waals surface area contributed by atoms with Crippen molar-refractivity contribution in [2.24, 2.45) is 0 Å².